The molecule has 1 aliphatic heterocycles. The predicted octanol–water partition coefficient (Wildman–Crippen LogP) is 5.59. The lowest BCUT2D eigenvalue weighted by molar-refractivity contribution is -0.136. The number of hydrogen-bond donors (Lipinski definition) is 0. The number of carbonyl (C=O) groups excluding carboxylic acids is 2. The quantitative estimate of drug-likeness (QED) is 0.398. The number of methoxy groups -OCH3 is 1. The maximum Gasteiger partial charge on any atom is 0.359 e. The maximum atomic E-state index is 13.1. The van der Waals surface area contributed by atoms with Crippen LogP contribution in [0.5, 0.6) is 5.75 Å². The smallest absolute Gasteiger partial charge is 0.359 e. The standard InChI is InChI=1S/C24H18Cl3N3O4/c1-33-16-9-7-15(8-10-16)19-11-18(14-5-3-2-4-6-14)29-30(19)20(31)13-34-24(32)23-22(27)21(26)17(25)12-28-23/h2-10,12,19H,11,13H2,1H3/t19-/m0/s1. The number of hydrogen-bond acceptors (Lipinski definition) is 6. The van der Waals surface area contributed by atoms with E-state index in [4.69, 9.17) is 44.3 Å². The van der Waals surface area contributed by atoms with Gasteiger partial charge < -0.3 is 9.47 Å². The molecule has 0 N–H and O–H groups in total. The molecular weight excluding hydrogens is 501 g/mol. The lowest BCUT2D eigenvalue weighted by Crippen LogP contribution is -2.31. The van der Waals surface area contributed by atoms with Crippen molar-refractivity contribution in [3.63, 3.8) is 0 Å². The summed E-state index contributed by atoms with van der Waals surface area (Å²) >= 11 is 17.9. The summed E-state index contributed by atoms with van der Waals surface area (Å²) in [4.78, 5) is 29.4. The van der Waals surface area contributed by atoms with E-state index in [-0.39, 0.29) is 26.8 Å². The highest BCUT2D eigenvalue weighted by atomic mass is 35.5. The van der Waals surface area contributed by atoms with Crippen molar-refractivity contribution in [2.75, 3.05) is 13.7 Å². The molecule has 0 bridgehead atoms. The first-order valence-electron chi connectivity index (χ1n) is 10.1. The number of pyridine rings is 1. The van der Waals surface area contributed by atoms with Crippen molar-refractivity contribution in [2.24, 2.45) is 5.10 Å². The van der Waals surface area contributed by atoms with E-state index in [1.54, 1.807) is 7.11 Å². The number of benzene rings is 2. The van der Waals surface area contributed by atoms with E-state index in [2.05, 4.69) is 10.1 Å². The summed E-state index contributed by atoms with van der Waals surface area (Å²) in [6.07, 6.45) is 1.68. The zero-order chi connectivity index (χ0) is 24.2. The van der Waals surface area contributed by atoms with Gasteiger partial charge in [-0.15, -0.1) is 0 Å². The minimum atomic E-state index is -0.899. The second kappa shape index (κ2) is 10.4. The summed E-state index contributed by atoms with van der Waals surface area (Å²) in [6.45, 7) is -0.560. The van der Waals surface area contributed by atoms with Crippen LogP contribution in [0.1, 0.15) is 34.1 Å². The van der Waals surface area contributed by atoms with Crippen LogP contribution < -0.4 is 4.74 Å². The van der Waals surface area contributed by atoms with E-state index in [0.29, 0.717) is 12.2 Å². The largest absolute Gasteiger partial charge is 0.497 e. The molecule has 174 valence electrons. The molecule has 1 atom stereocenters. The molecule has 1 aliphatic rings. The first-order valence-corrected chi connectivity index (χ1v) is 11.3. The summed E-state index contributed by atoms with van der Waals surface area (Å²) < 4.78 is 10.4. The highest BCUT2D eigenvalue weighted by molar-refractivity contribution is 6.48. The number of aromatic nitrogens is 1. The van der Waals surface area contributed by atoms with E-state index in [0.717, 1.165) is 16.8 Å². The second-order valence-corrected chi connectivity index (χ2v) is 8.47. The van der Waals surface area contributed by atoms with Crippen LogP contribution in [-0.4, -0.2) is 41.3 Å². The number of esters is 1. The monoisotopic (exact) mass is 517 g/mol. The Morgan fingerprint density at radius 3 is 2.41 bits per heavy atom. The van der Waals surface area contributed by atoms with Gasteiger partial charge in [0.05, 0.1) is 33.9 Å². The van der Waals surface area contributed by atoms with Gasteiger partial charge >= 0.3 is 5.97 Å². The van der Waals surface area contributed by atoms with Gasteiger partial charge in [0.25, 0.3) is 5.91 Å². The van der Waals surface area contributed by atoms with Crippen LogP contribution in [0.2, 0.25) is 15.1 Å². The maximum absolute atomic E-state index is 13.1. The molecule has 2 aromatic carbocycles. The van der Waals surface area contributed by atoms with Gasteiger partial charge in [0.1, 0.15) is 5.75 Å². The molecule has 3 aromatic rings. The van der Waals surface area contributed by atoms with Gasteiger partial charge in [-0.05, 0) is 23.3 Å². The van der Waals surface area contributed by atoms with Gasteiger partial charge in [-0.3, -0.25) is 4.79 Å². The fourth-order valence-electron chi connectivity index (χ4n) is 3.48. The fourth-order valence-corrected chi connectivity index (χ4v) is 4.04. The molecule has 34 heavy (non-hydrogen) atoms. The minimum Gasteiger partial charge on any atom is -0.497 e. The minimum absolute atomic E-state index is 0.0205. The molecule has 1 amide bonds. The Morgan fingerprint density at radius 1 is 1.03 bits per heavy atom. The summed E-state index contributed by atoms with van der Waals surface area (Å²) in [6, 6.07) is 16.6. The Balaban J connectivity index is 1.55. The molecule has 0 spiro atoms. The van der Waals surface area contributed by atoms with Crippen LogP contribution in [0, 0.1) is 0 Å². The molecule has 0 aliphatic carbocycles. The number of carbonyl (C=O) groups is 2. The van der Waals surface area contributed by atoms with Crippen molar-refractivity contribution in [3.8, 4) is 5.75 Å². The molecule has 0 saturated carbocycles. The van der Waals surface area contributed by atoms with Crippen molar-refractivity contribution in [2.45, 2.75) is 12.5 Å². The van der Waals surface area contributed by atoms with Crippen LogP contribution in [0.4, 0.5) is 0 Å². The molecule has 0 fully saturated rings. The van der Waals surface area contributed by atoms with Gasteiger partial charge in [0.2, 0.25) is 0 Å². The molecule has 2 heterocycles. The molecule has 4 rings (SSSR count). The average molecular weight is 519 g/mol. The Morgan fingerprint density at radius 2 is 1.74 bits per heavy atom. The van der Waals surface area contributed by atoms with E-state index in [1.165, 1.54) is 11.2 Å². The van der Waals surface area contributed by atoms with Gasteiger partial charge in [-0.2, -0.15) is 5.10 Å². The predicted molar refractivity (Wildman–Crippen MR) is 130 cm³/mol. The third kappa shape index (κ3) is 5.01. The number of ether oxygens (including phenoxy) is 2. The van der Waals surface area contributed by atoms with Crippen LogP contribution in [0.15, 0.2) is 65.9 Å². The Kier molecular flexibility index (Phi) is 7.36. The first kappa shape index (κ1) is 24.0. The normalized spacial score (nSPS) is 15.1. The van der Waals surface area contributed by atoms with Gasteiger partial charge in [-0.25, -0.2) is 14.8 Å². The molecule has 10 heteroatoms. The van der Waals surface area contributed by atoms with E-state index < -0.39 is 18.5 Å². The van der Waals surface area contributed by atoms with Crippen LogP contribution in [-0.2, 0) is 9.53 Å². The topological polar surface area (TPSA) is 81.1 Å². The Bertz CT molecular complexity index is 1250. The number of halogens is 3. The first-order chi connectivity index (χ1) is 16.4. The lowest BCUT2D eigenvalue weighted by atomic mass is 9.98. The van der Waals surface area contributed by atoms with Crippen molar-refractivity contribution in [3.05, 3.63) is 92.7 Å². The molecule has 0 radical (unpaired) electrons. The lowest BCUT2D eigenvalue weighted by Gasteiger charge is -2.22. The molecular formula is C24H18Cl3N3O4. The number of rotatable bonds is 6. The van der Waals surface area contributed by atoms with Crippen molar-refractivity contribution < 1.29 is 19.1 Å². The van der Waals surface area contributed by atoms with E-state index in [9.17, 15) is 9.59 Å². The number of hydrazone groups is 1. The van der Waals surface area contributed by atoms with Gasteiger partial charge in [0, 0.05) is 12.6 Å². The average Bonchev–Trinajstić information content (AvgIpc) is 3.32. The molecule has 0 saturated heterocycles. The van der Waals surface area contributed by atoms with Crippen LogP contribution in [0.3, 0.4) is 0 Å². The van der Waals surface area contributed by atoms with Crippen molar-refractivity contribution in [1.82, 2.24) is 9.99 Å². The van der Waals surface area contributed by atoms with Crippen LogP contribution in [0.25, 0.3) is 0 Å². The summed E-state index contributed by atoms with van der Waals surface area (Å²) in [5.41, 5.74) is 2.28. The van der Waals surface area contributed by atoms with Crippen molar-refractivity contribution in [1.29, 1.82) is 0 Å². The Hall–Kier alpha value is -3.13. The SMILES string of the molecule is COc1ccc([C@@H]2CC(c3ccccc3)=NN2C(=O)COC(=O)c2ncc(Cl)c(Cl)c2Cl)cc1. The number of amides is 1. The third-order valence-electron chi connectivity index (χ3n) is 5.21. The summed E-state index contributed by atoms with van der Waals surface area (Å²) in [7, 11) is 1.58. The van der Waals surface area contributed by atoms with Crippen LogP contribution >= 0.6 is 34.8 Å². The number of nitrogens with zero attached hydrogens (tertiary/aromatic N) is 3. The summed E-state index contributed by atoms with van der Waals surface area (Å²) in [5.74, 6) is -0.704. The van der Waals surface area contributed by atoms with Gasteiger partial charge in [-0.1, -0.05) is 77.3 Å². The second-order valence-electron chi connectivity index (χ2n) is 7.30. The Labute approximate surface area is 210 Å². The van der Waals surface area contributed by atoms with Crippen molar-refractivity contribution >= 4 is 52.4 Å². The highest BCUT2D eigenvalue weighted by Gasteiger charge is 2.34. The summed E-state index contributed by atoms with van der Waals surface area (Å²) in [5, 5.41) is 5.82. The zero-order valence-corrected chi connectivity index (χ0v) is 20.1. The van der Waals surface area contributed by atoms with E-state index in [1.807, 2.05) is 54.6 Å². The molecule has 1 aromatic heterocycles. The fraction of sp³-hybridized carbons (Fsp3) is 0.167. The molecule has 7 nitrogen and oxygen atoms in total. The zero-order valence-electron chi connectivity index (χ0n) is 17.9. The highest BCUT2D eigenvalue weighted by Crippen LogP contribution is 2.34. The third-order valence-corrected chi connectivity index (χ3v) is 6.45. The molecule has 0 unspecified atom stereocenters. The van der Waals surface area contributed by atoms with E-state index >= 15 is 0 Å². The van der Waals surface area contributed by atoms with Gasteiger partial charge in [0.15, 0.2) is 12.3 Å².